The van der Waals surface area contributed by atoms with Gasteiger partial charge in [-0.3, -0.25) is 9.59 Å². The van der Waals surface area contributed by atoms with Crippen LogP contribution in [0, 0.1) is 17.5 Å². The van der Waals surface area contributed by atoms with Gasteiger partial charge in [-0.05, 0) is 41.1 Å². The Morgan fingerprint density at radius 3 is 2.33 bits per heavy atom. The molecule has 0 fully saturated rings. The Hall–Kier alpha value is -4.33. The van der Waals surface area contributed by atoms with Crippen molar-refractivity contribution in [3.05, 3.63) is 102 Å². The van der Waals surface area contributed by atoms with Gasteiger partial charge in [-0.1, -0.05) is 36.4 Å². The summed E-state index contributed by atoms with van der Waals surface area (Å²) in [5.74, 6) is -4.05. The molecule has 2 amide bonds. The molecule has 0 atom stereocenters. The van der Waals surface area contributed by atoms with E-state index in [9.17, 15) is 22.8 Å². The molecule has 8 heteroatoms. The summed E-state index contributed by atoms with van der Waals surface area (Å²) < 4.78 is 46.1. The number of ether oxygens (including phenoxy) is 1. The average molecular weight is 450 g/mol. The van der Waals surface area contributed by atoms with E-state index in [1.807, 2.05) is 24.3 Å². The summed E-state index contributed by atoms with van der Waals surface area (Å²) in [5.41, 5.74) is 0.461. The van der Waals surface area contributed by atoms with Gasteiger partial charge in [0.1, 0.15) is 11.6 Å². The number of amides is 2. The van der Waals surface area contributed by atoms with E-state index in [2.05, 4.69) is 10.6 Å². The van der Waals surface area contributed by atoms with Gasteiger partial charge in [0.2, 0.25) is 5.91 Å². The van der Waals surface area contributed by atoms with Crippen molar-refractivity contribution in [2.45, 2.75) is 0 Å². The minimum atomic E-state index is -0.987. The summed E-state index contributed by atoms with van der Waals surface area (Å²) in [6.45, 7) is -0.371. The van der Waals surface area contributed by atoms with Gasteiger partial charge in [0.05, 0.1) is 12.2 Å². The topological polar surface area (TPSA) is 67.4 Å². The second kappa shape index (κ2) is 9.44. The van der Waals surface area contributed by atoms with Gasteiger partial charge in [-0.2, -0.15) is 0 Å². The van der Waals surface area contributed by atoms with Gasteiger partial charge in [0.25, 0.3) is 5.91 Å². The van der Waals surface area contributed by atoms with Gasteiger partial charge < -0.3 is 15.4 Å². The van der Waals surface area contributed by atoms with Crippen LogP contribution in [-0.4, -0.2) is 18.4 Å². The van der Waals surface area contributed by atoms with Crippen molar-refractivity contribution in [3.63, 3.8) is 0 Å². The summed E-state index contributed by atoms with van der Waals surface area (Å²) in [7, 11) is 0. The number of anilines is 1. The smallest absolute Gasteiger partial charge is 0.252 e. The molecule has 0 spiro atoms. The number of rotatable bonds is 6. The molecule has 5 nitrogen and oxygen atoms in total. The van der Waals surface area contributed by atoms with E-state index in [4.69, 9.17) is 4.74 Å². The molecule has 0 heterocycles. The lowest BCUT2D eigenvalue weighted by Gasteiger charge is -2.13. The van der Waals surface area contributed by atoms with Crippen molar-refractivity contribution in [1.29, 1.82) is 0 Å². The normalized spacial score (nSPS) is 10.6. The van der Waals surface area contributed by atoms with Crippen molar-refractivity contribution in [2.24, 2.45) is 0 Å². The summed E-state index contributed by atoms with van der Waals surface area (Å²) >= 11 is 0. The Morgan fingerprint density at radius 1 is 0.788 bits per heavy atom. The van der Waals surface area contributed by atoms with Crippen LogP contribution in [0.2, 0.25) is 0 Å². The quantitative estimate of drug-likeness (QED) is 0.412. The van der Waals surface area contributed by atoms with Gasteiger partial charge in [0, 0.05) is 17.7 Å². The van der Waals surface area contributed by atoms with Crippen molar-refractivity contribution < 1.29 is 27.5 Å². The molecular weight excluding hydrogens is 433 g/mol. The summed E-state index contributed by atoms with van der Waals surface area (Å²) in [5, 5.41) is 6.66. The molecule has 0 saturated carbocycles. The maximum Gasteiger partial charge on any atom is 0.252 e. The first-order chi connectivity index (χ1) is 15.9. The molecule has 4 aromatic carbocycles. The van der Waals surface area contributed by atoms with Crippen LogP contribution in [0.5, 0.6) is 11.5 Å². The number of nitrogens with one attached hydrogen (secondary N) is 2. The van der Waals surface area contributed by atoms with E-state index in [-0.39, 0.29) is 23.7 Å². The van der Waals surface area contributed by atoms with Crippen molar-refractivity contribution in [2.75, 3.05) is 11.9 Å². The standard InChI is InChI=1S/C25H17F3N2O3/c26-16-9-11-22(20(28)12-16)33-23-13-17(27)8-10-21(23)30-24(31)14-29-25(32)19-7-3-5-15-4-1-2-6-18(15)19/h1-13H,14H2,(H,29,32)(H,30,31). The number of hydrogen-bond donors (Lipinski definition) is 2. The molecule has 0 radical (unpaired) electrons. The van der Waals surface area contributed by atoms with E-state index in [1.54, 1.807) is 18.2 Å². The van der Waals surface area contributed by atoms with Crippen LogP contribution >= 0.6 is 0 Å². The minimum absolute atomic E-state index is 0.0459. The predicted molar refractivity (Wildman–Crippen MR) is 118 cm³/mol. The molecule has 2 N–H and O–H groups in total. The SMILES string of the molecule is O=C(CNC(=O)c1cccc2ccccc12)Nc1ccc(F)cc1Oc1ccc(F)cc1F. The molecule has 0 saturated heterocycles. The first-order valence-corrected chi connectivity index (χ1v) is 9.89. The van der Waals surface area contributed by atoms with Crippen LogP contribution in [0.1, 0.15) is 10.4 Å². The largest absolute Gasteiger partial charge is 0.452 e. The Morgan fingerprint density at radius 2 is 1.52 bits per heavy atom. The zero-order valence-corrected chi connectivity index (χ0v) is 17.1. The molecular formula is C25H17F3N2O3. The highest BCUT2D eigenvalue weighted by atomic mass is 19.1. The van der Waals surface area contributed by atoms with Crippen LogP contribution < -0.4 is 15.4 Å². The molecule has 0 aliphatic carbocycles. The fraction of sp³-hybridized carbons (Fsp3) is 0.0400. The van der Waals surface area contributed by atoms with Gasteiger partial charge in [0.15, 0.2) is 17.3 Å². The zero-order valence-electron chi connectivity index (χ0n) is 17.1. The van der Waals surface area contributed by atoms with Crippen molar-refractivity contribution in [3.8, 4) is 11.5 Å². The van der Waals surface area contributed by atoms with Crippen LogP contribution in [0.25, 0.3) is 10.8 Å². The first-order valence-electron chi connectivity index (χ1n) is 9.89. The third-order valence-electron chi connectivity index (χ3n) is 4.78. The molecule has 0 aromatic heterocycles. The predicted octanol–water partition coefficient (Wildman–Crippen LogP) is 5.42. The highest BCUT2D eigenvalue weighted by molar-refractivity contribution is 6.08. The third kappa shape index (κ3) is 5.12. The lowest BCUT2D eigenvalue weighted by molar-refractivity contribution is -0.115. The Balaban J connectivity index is 1.46. The van der Waals surface area contributed by atoms with Crippen LogP contribution in [0.3, 0.4) is 0 Å². The van der Waals surface area contributed by atoms with E-state index >= 15 is 0 Å². The number of carbonyl (C=O) groups is 2. The summed E-state index contributed by atoms with van der Waals surface area (Å²) in [6.07, 6.45) is 0. The molecule has 0 bridgehead atoms. The fourth-order valence-corrected chi connectivity index (χ4v) is 3.23. The number of carbonyl (C=O) groups excluding carboxylic acids is 2. The Kier molecular flexibility index (Phi) is 6.26. The summed E-state index contributed by atoms with van der Waals surface area (Å²) in [6, 6.07) is 18.5. The average Bonchev–Trinajstić information content (AvgIpc) is 2.80. The van der Waals surface area contributed by atoms with Gasteiger partial charge in [-0.15, -0.1) is 0 Å². The second-order valence-corrected chi connectivity index (χ2v) is 7.07. The molecule has 4 aromatic rings. The molecule has 4 rings (SSSR count). The van der Waals surface area contributed by atoms with E-state index in [0.29, 0.717) is 11.6 Å². The third-order valence-corrected chi connectivity index (χ3v) is 4.78. The Bertz CT molecular complexity index is 1350. The molecule has 166 valence electrons. The number of fused-ring (bicyclic) bond motifs is 1. The van der Waals surface area contributed by atoms with Crippen LogP contribution in [0.4, 0.5) is 18.9 Å². The zero-order chi connectivity index (χ0) is 23.4. The number of halogens is 3. The minimum Gasteiger partial charge on any atom is -0.452 e. The molecule has 0 aliphatic rings. The molecule has 0 aliphatic heterocycles. The van der Waals surface area contributed by atoms with Crippen LogP contribution in [-0.2, 0) is 4.79 Å². The molecule has 33 heavy (non-hydrogen) atoms. The highest BCUT2D eigenvalue weighted by Gasteiger charge is 2.15. The molecule has 0 unspecified atom stereocenters. The lowest BCUT2D eigenvalue weighted by Crippen LogP contribution is -2.33. The number of hydrogen-bond acceptors (Lipinski definition) is 3. The maximum absolute atomic E-state index is 13.9. The maximum atomic E-state index is 13.9. The number of benzene rings is 4. The lowest BCUT2D eigenvalue weighted by atomic mass is 10.0. The second-order valence-electron chi connectivity index (χ2n) is 7.07. The van der Waals surface area contributed by atoms with E-state index < -0.39 is 29.3 Å². The highest BCUT2D eigenvalue weighted by Crippen LogP contribution is 2.32. The monoisotopic (exact) mass is 450 g/mol. The van der Waals surface area contributed by atoms with Crippen molar-refractivity contribution in [1.82, 2.24) is 5.32 Å². The summed E-state index contributed by atoms with van der Waals surface area (Å²) in [4.78, 5) is 25.0. The van der Waals surface area contributed by atoms with Gasteiger partial charge in [-0.25, -0.2) is 13.2 Å². The van der Waals surface area contributed by atoms with Crippen molar-refractivity contribution >= 4 is 28.3 Å². The first kappa shape index (κ1) is 21.9. The van der Waals surface area contributed by atoms with E-state index in [0.717, 1.165) is 35.0 Å². The van der Waals surface area contributed by atoms with E-state index in [1.165, 1.54) is 6.07 Å². The van der Waals surface area contributed by atoms with Gasteiger partial charge >= 0.3 is 0 Å². The Labute approximate surface area is 186 Å². The fourth-order valence-electron chi connectivity index (χ4n) is 3.23. The van der Waals surface area contributed by atoms with Crippen LogP contribution in [0.15, 0.2) is 78.9 Å².